The summed E-state index contributed by atoms with van der Waals surface area (Å²) < 4.78 is 1.64. The molecule has 3 amide bonds. The second-order valence-corrected chi connectivity index (χ2v) is 6.75. The van der Waals surface area contributed by atoms with Crippen LogP contribution in [-0.4, -0.2) is 45.5 Å². The first-order chi connectivity index (χ1) is 13.2. The first kappa shape index (κ1) is 21.2. The predicted octanol–water partition coefficient (Wildman–Crippen LogP) is 1.01. The molecule has 9 heteroatoms. The van der Waals surface area contributed by atoms with Gasteiger partial charge in [0.1, 0.15) is 18.2 Å². The van der Waals surface area contributed by atoms with E-state index in [-0.39, 0.29) is 0 Å². The van der Waals surface area contributed by atoms with Crippen LogP contribution in [-0.2, 0) is 20.9 Å². The van der Waals surface area contributed by atoms with Gasteiger partial charge in [-0.15, -0.1) is 0 Å². The lowest BCUT2D eigenvalue weighted by Gasteiger charge is -2.17. The lowest BCUT2D eigenvalue weighted by atomic mass is 10.1. The van der Waals surface area contributed by atoms with Crippen LogP contribution < -0.4 is 11.5 Å². The average Bonchev–Trinajstić information content (AvgIpc) is 2.87. The van der Waals surface area contributed by atoms with E-state index in [0.29, 0.717) is 23.0 Å². The van der Waals surface area contributed by atoms with E-state index < -0.39 is 30.8 Å². The predicted molar refractivity (Wildman–Crippen MR) is 106 cm³/mol. The first-order valence-corrected chi connectivity index (χ1v) is 8.87. The van der Waals surface area contributed by atoms with Crippen molar-refractivity contribution < 1.29 is 14.4 Å². The molecule has 0 bridgehead atoms. The van der Waals surface area contributed by atoms with Crippen molar-refractivity contribution in [3.63, 3.8) is 0 Å². The number of aryl methyl sites for hydroxylation is 2. The SMILES string of the molecule is Cc1ccc(Cn2nc(C)c(C=CC(=O)N(CC(N)=O)CC(N)=O)c2Cl)cc1. The van der Waals surface area contributed by atoms with Gasteiger partial charge in [-0.3, -0.25) is 14.4 Å². The number of hydrogen-bond donors (Lipinski definition) is 2. The molecule has 1 heterocycles. The monoisotopic (exact) mass is 403 g/mol. The molecule has 0 aliphatic rings. The van der Waals surface area contributed by atoms with E-state index in [1.54, 1.807) is 11.6 Å². The van der Waals surface area contributed by atoms with E-state index in [9.17, 15) is 14.4 Å². The van der Waals surface area contributed by atoms with Gasteiger partial charge in [-0.2, -0.15) is 5.10 Å². The third-order valence-corrected chi connectivity index (χ3v) is 4.36. The largest absolute Gasteiger partial charge is 0.368 e. The molecule has 0 saturated heterocycles. The third kappa shape index (κ3) is 5.68. The number of hydrogen-bond acceptors (Lipinski definition) is 4. The molecule has 0 fully saturated rings. The summed E-state index contributed by atoms with van der Waals surface area (Å²) in [6.07, 6.45) is 2.70. The first-order valence-electron chi connectivity index (χ1n) is 8.49. The van der Waals surface area contributed by atoms with Gasteiger partial charge in [-0.1, -0.05) is 41.4 Å². The molecule has 4 N–H and O–H groups in total. The van der Waals surface area contributed by atoms with E-state index >= 15 is 0 Å². The van der Waals surface area contributed by atoms with Crippen LogP contribution in [0.1, 0.15) is 22.4 Å². The van der Waals surface area contributed by atoms with Crippen molar-refractivity contribution in [3.8, 4) is 0 Å². The molecule has 1 aromatic carbocycles. The summed E-state index contributed by atoms with van der Waals surface area (Å²) in [5, 5.41) is 4.78. The highest BCUT2D eigenvalue weighted by atomic mass is 35.5. The van der Waals surface area contributed by atoms with Gasteiger partial charge in [0.15, 0.2) is 0 Å². The summed E-state index contributed by atoms with van der Waals surface area (Å²) in [4.78, 5) is 35.4. The number of nitrogens with two attached hydrogens (primary N) is 2. The Balaban J connectivity index is 2.19. The van der Waals surface area contributed by atoms with E-state index in [2.05, 4.69) is 5.10 Å². The number of rotatable bonds is 8. The fourth-order valence-corrected chi connectivity index (χ4v) is 2.87. The maximum absolute atomic E-state index is 12.3. The summed E-state index contributed by atoms with van der Waals surface area (Å²) in [5.41, 5.74) is 13.6. The number of nitrogens with zero attached hydrogens (tertiary/aromatic N) is 3. The van der Waals surface area contributed by atoms with Gasteiger partial charge >= 0.3 is 0 Å². The average molecular weight is 404 g/mol. The Morgan fingerprint density at radius 2 is 1.68 bits per heavy atom. The topological polar surface area (TPSA) is 124 Å². The summed E-state index contributed by atoms with van der Waals surface area (Å²) in [6.45, 7) is 3.44. The molecule has 0 aliphatic heterocycles. The minimum absolute atomic E-state index is 0.374. The summed E-state index contributed by atoms with van der Waals surface area (Å²) in [7, 11) is 0. The minimum atomic E-state index is -0.747. The number of carbonyl (C=O) groups excluding carboxylic acids is 3. The molecule has 0 unspecified atom stereocenters. The zero-order valence-electron chi connectivity index (χ0n) is 15.7. The van der Waals surface area contributed by atoms with Gasteiger partial charge in [0, 0.05) is 11.6 Å². The van der Waals surface area contributed by atoms with Crippen LogP contribution in [0.25, 0.3) is 6.08 Å². The summed E-state index contributed by atoms with van der Waals surface area (Å²) in [5.74, 6) is -2.08. The van der Waals surface area contributed by atoms with Gasteiger partial charge in [-0.05, 0) is 25.5 Å². The number of halogens is 1. The normalized spacial score (nSPS) is 11.0. The fraction of sp³-hybridized carbons (Fsp3) is 0.263. The van der Waals surface area contributed by atoms with Crippen molar-refractivity contribution in [3.05, 3.63) is 57.9 Å². The second kappa shape index (κ2) is 9.18. The van der Waals surface area contributed by atoms with Gasteiger partial charge in [0.05, 0.1) is 12.2 Å². The van der Waals surface area contributed by atoms with Gasteiger partial charge < -0.3 is 16.4 Å². The van der Waals surface area contributed by atoms with E-state index in [0.717, 1.165) is 16.0 Å². The zero-order valence-corrected chi connectivity index (χ0v) is 16.4. The van der Waals surface area contributed by atoms with Crippen LogP contribution in [0.4, 0.5) is 0 Å². The molecule has 0 radical (unpaired) electrons. The number of benzene rings is 1. The molecule has 0 aliphatic carbocycles. The van der Waals surface area contributed by atoms with Crippen LogP contribution >= 0.6 is 11.6 Å². The molecule has 1 aromatic heterocycles. The third-order valence-electron chi connectivity index (χ3n) is 3.96. The number of amides is 3. The van der Waals surface area contributed by atoms with Crippen LogP contribution in [0.3, 0.4) is 0 Å². The molecular formula is C19H22ClN5O3. The Morgan fingerprint density at radius 3 is 2.21 bits per heavy atom. The highest BCUT2D eigenvalue weighted by molar-refractivity contribution is 6.31. The lowest BCUT2D eigenvalue weighted by Crippen LogP contribution is -2.42. The molecule has 28 heavy (non-hydrogen) atoms. The van der Waals surface area contributed by atoms with Gasteiger partial charge in [0.25, 0.3) is 0 Å². The smallest absolute Gasteiger partial charge is 0.247 e. The van der Waals surface area contributed by atoms with Crippen LogP contribution in [0.15, 0.2) is 30.3 Å². The number of primary amides is 2. The number of carbonyl (C=O) groups is 3. The van der Waals surface area contributed by atoms with Crippen molar-refractivity contribution in [1.29, 1.82) is 0 Å². The van der Waals surface area contributed by atoms with Crippen molar-refractivity contribution in [2.45, 2.75) is 20.4 Å². The molecular weight excluding hydrogens is 382 g/mol. The molecule has 148 valence electrons. The van der Waals surface area contributed by atoms with E-state index in [1.807, 2.05) is 31.2 Å². The van der Waals surface area contributed by atoms with Crippen molar-refractivity contribution >= 4 is 35.4 Å². The maximum Gasteiger partial charge on any atom is 0.247 e. The minimum Gasteiger partial charge on any atom is -0.368 e. The van der Waals surface area contributed by atoms with Crippen LogP contribution in [0.5, 0.6) is 0 Å². The Bertz CT molecular complexity index is 902. The Kier molecular flexibility index (Phi) is 6.94. The fourth-order valence-electron chi connectivity index (χ4n) is 2.58. The number of aromatic nitrogens is 2. The quantitative estimate of drug-likeness (QED) is 0.638. The van der Waals surface area contributed by atoms with Crippen molar-refractivity contribution in [1.82, 2.24) is 14.7 Å². The molecule has 0 saturated carbocycles. The highest BCUT2D eigenvalue weighted by Crippen LogP contribution is 2.22. The van der Waals surface area contributed by atoms with Gasteiger partial charge in [-0.25, -0.2) is 4.68 Å². The van der Waals surface area contributed by atoms with E-state index in [4.69, 9.17) is 23.1 Å². The Labute approximate surface area is 167 Å². The van der Waals surface area contributed by atoms with Crippen LogP contribution in [0.2, 0.25) is 5.15 Å². The van der Waals surface area contributed by atoms with Crippen LogP contribution in [0, 0.1) is 13.8 Å². The summed E-state index contributed by atoms with van der Waals surface area (Å²) >= 11 is 6.42. The van der Waals surface area contributed by atoms with Crippen molar-refractivity contribution in [2.75, 3.05) is 13.1 Å². The lowest BCUT2D eigenvalue weighted by molar-refractivity contribution is -0.134. The summed E-state index contributed by atoms with van der Waals surface area (Å²) in [6, 6.07) is 8.00. The molecule has 2 rings (SSSR count). The highest BCUT2D eigenvalue weighted by Gasteiger charge is 2.17. The molecule has 8 nitrogen and oxygen atoms in total. The molecule has 0 atom stereocenters. The second-order valence-electron chi connectivity index (χ2n) is 6.39. The van der Waals surface area contributed by atoms with E-state index in [1.165, 1.54) is 12.2 Å². The Hall–Kier alpha value is -3.13. The maximum atomic E-state index is 12.3. The zero-order chi connectivity index (χ0) is 20.8. The Morgan fingerprint density at radius 1 is 1.11 bits per heavy atom. The van der Waals surface area contributed by atoms with Crippen molar-refractivity contribution in [2.24, 2.45) is 11.5 Å². The standard InChI is InChI=1S/C19H22ClN5O3/c1-12-3-5-14(6-4-12)9-25-19(20)15(13(2)23-25)7-8-18(28)24(10-16(21)26)11-17(22)27/h3-8H,9-11H2,1-2H3,(H2,21,26)(H2,22,27). The van der Waals surface area contributed by atoms with Gasteiger partial charge in [0.2, 0.25) is 17.7 Å². The molecule has 2 aromatic rings. The molecule has 0 spiro atoms.